The molecule has 1 atom stereocenters. The Balaban J connectivity index is 3.45. The number of carbonyl (C=O) groups excluding carboxylic acids is 1. The third-order valence-electron chi connectivity index (χ3n) is 1.67. The van der Waals surface area contributed by atoms with Gasteiger partial charge in [-0.2, -0.15) is 0 Å². The van der Waals surface area contributed by atoms with Gasteiger partial charge in [-0.05, 0) is 32.4 Å². The Bertz CT molecular complexity index is 140. The average molecular weight is 187 g/mol. The summed E-state index contributed by atoms with van der Waals surface area (Å²) in [5.41, 5.74) is 16.1. The van der Waals surface area contributed by atoms with Crippen LogP contribution >= 0.6 is 0 Å². The standard InChI is InChI=1S/C8H19N4O/c9-4-1-3-7(11)8(13)12-6-2-5-10/h7H,1-6,9-11H2/t7-/m1/s1. The molecule has 0 rings (SSSR count). The zero-order valence-electron chi connectivity index (χ0n) is 7.91. The summed E-state index contributed by atoms with van der Waals surface area (Å²) < 4.78 is 0. The first-order valence-electron chi connectivity index (χ1n) is 4.59. The Morgan fingerprint density at radius 3 is 2.38 bits per heavy atom. The molecule has 0 aliphatic carbocycles. The lowest BCUT2D eigenvalue weighted by atomic mass is 10.1. The first-order valence-corrected chi connectivity index (χ1v) is 4.59. The smallest absolute Gasteiger partial charge is 0.258 e. The van der Waals surface area contributed by atoms with E-state index in [-0.39, 0.29) is 5.91 Å². The monoisotopic (exact) mass is 187 g/mol. The molecule has 0 spiro atoms. The summed E-state index contributed by atoms with van der Waals surface area (Å²) in [4.78, 5) is 11.2. The van der Waals surface area contributed by atoms with Crippen LogP contribution in [0.4, 0.5) is 0 Å². The van der Waals surface area contributed by atoms with Gasteiger partial charge < -0.3 is 17.2 Å². The zero-order valence-corrected chi connectivity index (χ0v) is 7.91. The van der Waals surface area contributed by atoms with Crippen molar-refractivity contribution < 1.29 is 4.79 Å². The first-order chi connectivity index (χ1) is 6.22. The summed E-state index contributed by atoms with van der Waals surface area (Å²) in [6.07, 6.45) is 2.11. The summed E-state index contributed by atoms with van der Waals surface area (Å²) in [5, 5.41) is 3.78. The van der Waals surface area contributed by atoms with Gasteiger partial charge in [0.2, 0.25) is 0 Å². The van der Waals surface area contributed by atoms with Crippen molar-refractivity contribution in [1.82, 2.24) is 5.32 Å². The predicted molar refractivity (Wildman–Crippen MR) is 51.9 cm³/mol. The van der Waals surface area contributed by atoms with Crippen LogP contribution < -0.4 is 22.5 Å². The van der Waals surface area contributed by atoms with Crippen LogP contribution in [0.5, 0.6) is 0 Å². The number of nitrogens with two attached hydrogens (primary N) is 3. The second-order valence-electron chi connectivity index (χ2n) is 2.90. The number of carbonyl (C=O) groups is 1. The molecule has 0 heterocycles. The molecule has 0 fully saturated rings. The van der Waals surface area contributed by atoms with Crippen LogP contribution in [-0.4, -0.2) is 31.6 Å². The fraction of sp³-hybridized carbons (Fsp3) is 0.875. The van der Waals surface area contributed by atoms with Gasteiger partial charge in [-0.25, -0.2) is 0 Å². The lowest BCUT2D eigenvalue weighted by Gasteiger charge is -2.08. The third kappa shape index (κ3) is 6.51. The Morgan fingerprint density at radius 1 is 1.23 bits per heavy atom. The first kappa shape index (κ1) is 12.3. The molecule has 0 saturated carbocycles. The number of hydrogen-bond donors (Lipinski definition) is 3. The van der Waals surface area contributed by atoms with E-state index in [2.05, 4.69) is 5.32 Å². The SMILES string of the molecule is NCCC[N]C(=O)[C@H](N)CCCN. The van der Waals surface area contributed by atoms with Gasteiger partial charge in [-0.3, -0.25) is 10.1 Å². The molecule has 0 aromatic carbocycles. The third-order valence-corrected chi connectivity index (χ3v) is 1.67. The highest BCUT2D eigenvalue weighted by molar-refractivity contribution is 5.81. The maximum absolute atomic E-state index is 11.2. The molecule has 0 unspecified atom stereocenters. The van der Waals surface area contributed by atoms with E-state index in [1.54, 1.807) is 0 Å². The summed E-state index contributed by atoms with van der Waals surface area (Å²) in [5.74, 6) is -0.234. The highest BCUT2D eigenvalue weighted by atomic mass is 16.2. The minimum absolute atomic E-state index is 0.234. The maximum atomic E-state index is 11.2. The van der Waals surface area contributed by atoms with Crippen molar-refractivity contribution in [3.8, 4) is 0 Å². The van der Waals surface area contributed by atoms with Crippen LogP contribution in [-0.2, 0) is 4.79 Å². The summed E-state index contributed by atoms with van der Waals surface area (Å²) >= 11 is 0. The van der Waals surface area contributed by atoms with Crippen LogP contribution in [0.25, 0.3) is 0 Å². The van der Waals surface area contributed by atoms with Crippen molar-refractivity contribution in [2.24, 2.45) is 17.2 Å². The van der Waals surface area contributed by atoms with E-state index in [9.17, 15) is 4.79 Å². The normalized spacial score (nSPS) is 12.5. The van der Waals surface area contributed by atoms with E-state index in [0.717, 1.165) is 12.8 Å². The van der Waals surface area contributed by atoms with Crippen molar-refractivity contribution in [3.05, 3.63) is 0 Å². The molecule has 0 aromatic rings. The van der Waals surface area contributed by atoms with E-state index in [1.807, 2.05) is 0 Å². The Morgan fingerprint density at radius 2 is 1.85 bits per heavy atom. The molecule has 13 heavy (non-hydrogen) atoms. The largest absolute Gasteiger partial charge is 0.330 e. The molecule has 0 aliphatic rings. The fourth-order valence-electron chi connectivity index (χ4n) is 0.859. The van der Waals surface area contributed by atoms with Crippen molar-refractivity contribution in [2.45, 2.75) is 25.3 Å². The number of amides is 1. The molecule has 0 bridgehead atoms. The van der Waals surface area contributed by atoms with Crippen LogP contribution in [0, 0.1) is 0 Å². The van der Waals surface area contributed by atoms with Crippen LogP contribution in [0.2, 0.25) is 0 Å². The molecule has 0 saturated heterocycles. The van der Waals surface area contributed by atoms with Gasteiger partial charge in [-0.15, -0.1) is 0 Å². The van der Waals surface area contributed by atoms with E-state index < -0.39 is 6.04 Å². The Kier molecular flexibility index (Phi) is 7.57. The molecule has 5 heteroatoms. The Hall–Kier alpha value is -0.650. The van der Waals surface area contributed by atoms with Gasteiger partial charge in [0.05, 0.1) is 6.04 Å². The molecule has 5 nitrogen and oxygen atoms in total. The molecule has 0 aliphatic heterocycles. The van der Waals surface area contributed by atoms with Crippen molar-refractivity contribution in [3.63, 3.8) is 0 Å². The highest BCUT2D eigenvalue weighted by Crippen LogP contribution is 1.93. The average Bonchev–Trinajstić information content (AvgIpc) is 2.14. The molecule has 6 N–H and O–H groups in total. The van der Waals surface area contributed by atoms with Crippen molar-refractivity contribution >= 4 is 5.91 Å². The summed E-state index contributed by atoms with van der Waals surface area (Å²) in [7, 11) is 0. The van der Waals surface area contributed by atoms with E-state index in [0.29, 0.717) is 26.1 Å². The number of hydrogen-bond acceptors (Lipinski definition) is 4. The number of rotatable bonds is 7. The van der Waals surface area contributed by atoms with Crippen LogP contribution in [0.15, 0.2) is 0 Å². The second-order valence-corrected chi connectivity index (χ2v) is 2.90. The van der Waals surface area contributed by atoms with Gasteiger partial charge in [0.25, 0.3) is 5.91 Å². The van der Waals surface area contributed by atoms with Gasteiger partial charge in [0.15, 0.2) is 0 Å². The fourth-order valence-corrected chi connectivity index (χ4v) is 0.859. The van der Waals surface area contributed by atoms with Gasteiger partial charge in [0.1, 0.15) is 0 Å². The number of nitrogens with zero attached hydrogens (tertiary/aromatic N) is 1. The predicted octanol–water partition coefficient (Wildman–Crippen LogP) is -1.47. The summed E-state index contributed by atoms with van der Waals surface area (Å²) in [6, 6.07) is -0.485. The zero-order chi connectivity index (χ0) is 10.1. The topological polar surface area (TPSA) is 109 Å². The van der Waals surface area contributed by atoms with Crippen LogP contribution in [0.3, 0.4) is 0 Å². The van der Waals surface area contributed by atoms with E-state index >= 15 is 0 Å². The quantitative estimate of drug-likeness (QED) is 0.423. The lowest BCUT2D eigenvalue weighted by molar-refractivity contribution is -0.122. The summed E-state index contributed by atoms with van der Waals surface area (Å²) in [6.45, 7) is 1.59. The van der Waals surface area contributed by atoms with Crippen molar-refractivity contribution in [2.75, 3.05) is 19.6 Å². The van der Waals surface area contributed by atoms with Gasteiger partial charge in [-0.1, -0.05) is 0 Å². The molecule has 1 amide bonds. The second kappa shape index (κ2) is 7.97. The Labute approximate surface area is 79.0 Å². The van der Waals surface area contributed by atoms with Gasteiger partial charge >= 0.3 is 0 Å². The van der Waals surface area contributed by atoms with Crippen LogP contribution in [0.1, 0.15) is 19.3 Å². The lowest BCUT2D eigenvalue weighted by Crippen LogP contribution is -2.37. The minimum atomic E-state index is -0.485. The molecular weight excluding hydrogens is 168 g/mol. The molecule has 0 aromatic heterocycles. The highest BCUT2D eigenvalue weighted by Gasteiger charge is 2.12. The van der Waals surface area contributed by atoms with Crippen molar-refractivity contribution in [1.29, 1.82) is 0 Å². The maximum Gasteiger partial charge on any atom is 0.258 e. The molecule has 1 radical (unpaired) electrons. The van der Waals surface area contributed by atoms with Gasteiger partial charge in [0, 0.05) is 6.54 Å². The van der Waals surface area contributed by atoms with E-state index in [1.165, 1.54) is 0 Å². The van der Waals surface area contributed by atoms with E-state index in [4.69, 9.17) is 17.2 Å². The molecule has 77 valence electrons. The minimum Gasteiger partial charge on any atom is -0.330 e. The molecular formula is C8H19N4O.